The molecule has 1 aromatic carbocycles. The summed E-state index contributed by atoms with van der Waals surface area (Å²) in [6.45, 7) is 1.86. The third-order valence-corrected chi connectivity index (χ3v) is 2.41. The van der Waals surface area contributed by atoms with Gasteiger partial charge in [0, 0.05) is 22.6 Å². The molecule has 1 aromatic rings. The number of hydrogen-bond acceptors (Lipinski definition) is 3. The van der Waals surface area contributed by atoms with Gasteiger partial charge in [0.1, 0.15) is 0 Å². The summed E-state index contributed by atoms with van der Waals surface area (Å²) in [5, 5.41) is 11.9. The van der Waals surface area contributed by atoms with Crippen molar-refractivity contribution < 1.29 is 4.79 Å². The van der Waals surface area contributed by atoms with Crippen LogP contribution in [0.5, 0.6) is 0 Å². The Kier molecular flexibility index (Phi) is 4.32. The van der Waals surface area contributed by atoms with Crippen molar-refractivity contribution in [3.63, 3.8) is 0 Å². The van der Waals surface area contributed by atoms with E-state index in [0.717, 1.165) is 10.2 Å². The van der Waals surface area contributed by atoms with E-state index in [1.807, 2.05) is 13.0 Å². The number of carbonyl (C=O) groups excluding carboxylic acids is 1. The number of anilines is 1. The predicted molar refractivity (Wildman–Crippen MR) is 65.8 cm³/mol. The summed E-state index contributed by atoms with van der Waals surface area (Å²) in [4.78, 5) is 10.7. The molecule has 0 saturated carbocycles. The first-order chi connectivity index (χ1) is 7.51. The van der Waals surface area contributed by atoms with Gasteiger partial charge in [0.25, 0.3) is 0 Å². The number of primary amides is 1. The van der Waals surface area contributed by atoms with E-state index >= 15 is 0 Å². The smallest absolute Gasteiger partial charge is 0.219 e. The molecule has 4 nitrogen and oxygen atoms in total. The average molecular weight is 282 g/mol. The first kappa shape index (κ1) is 12.5. The van der Waals surface area contributed by atoms with Crippen LogP contribution in [0.3, 0.4) is 0 Å². The van der Waals surface area contributed by atoms with Gasteiger partial charge in [-0.2, -0.15) is 5.26 Å². The Labute approximate surface area is 103 Å². The number of halogens is 1. The van der Waals surface area contributed by atoms with E-state index in [2.05, 4.69) is 27.3 Å². The minimum absolute atomic E-state index is 0.0571. The molecule has 3 N–H and O–H groups in total. The molecule has 0 heterocycles. The van der Waals surface area contributed by atoms with Crippen LogP contribution in [-0.4, -0.2) is 11.9 Å². The van der Waals surface area contributed by atoms with Crippen LogP contribution in [-0.2, 0) is 4.79 Å². The normalized spacial score (nSPS) is 11.6. The van der Waals surface area contributed by atoms with E-state index in [0.29, 0.717) is 5.56 Å². The summed E-state index contributed by atoms with van der Waals surface area (Å²) in [5.74, 6) is -0.351. The Hall–Kier alpha value is -1.54. The van der Waals surface area contributed by atoms with E-state index in [1.165, 1.54) is 0 Å². The van der Waals surface area contributed by atoms with Crippen molar-refractivity contribution in [2.45, 2.75) is 19.4 Å². The van der Waals surface area contributed by atoms with Gasteiger partial charge < -0.3 is 11.1 Å². The molecule has 0 aliphatic carbocycles. The lowest BCUT2D eigenvalue weighted by Crippen LogP contribution is -2.23. The minimum atomic E-state index is -0.351. The Balaban J connectivity index is 2.77. The van der Waals surface area contributed by atoms with Crippen LogP contribution in [0.25, 0.3) is 0 Å². The zero-order chi connectivity index (χ0) is 12.1. The second-order valence-corrected chi connectivity index (χ2v) is 4.47. The van der Waals surface area contributed by atoms with Crippen LogP contribution in [0.1, 0.15) is 18.9 Å². The topological polar surface area (TPSA) is 78.9 Å². The molecule has 0 spiro atoms. The van der Waals surface area contributed by atoms with Crippen molar-refractivity contribution in [1.29, 1.82) is 5.26 Å². The molecule has 0 radical (unpaired) electrons. The van der Waals surface area contributed by atoms with Crippen LogP contribution < -0.4 is 11.1 Å². The highest BCUT2D eigenvalue weighted by Crippen LogP contribution is 2.20. The highest BCUT2D eigenvalue weighted by atomic mass is 79.9. The van der Waals surface area contributed by atoms with Gasteiger partial charge in [-0.25, -0.2) is 0 Å². The van der Waals surface area contributed by atoms with E-state index in [-0.39, 0.29) is 18.4 Å². The van der Waals surface area contributed by atoms with Gasteiger partial charge in [-0.1, -0.05) is 15.9 Å². The van der Waals surface area contributed by atoms with Crippen molar-refractivity contribution in [3.8, 4) is 6.07 Å². The van der Waals surface area contributed by atoms with Crippen LogP contribution in [0, 0.1) is 11.3 Å². The molecule has 0 aliphatic rings. The van der Waals surface area contributed by atoms with Crippen molar-refractivity contribution in [2.75, 3.05) is 5.32 Å². The van der Waals surface area contributed by atoms with Crippen molar-refractivity contribution in [2.24, 2.45) is 5.73 Å². The second kappa shape index (κ2) is 5.52. The third-order valence-electron chi connectivity index (χ3n) is 1.95. The summed E-state index contributed by atoms with van der Waals surface area (Å²) >= 11 is 3.31. The largest absolute Gasteiger partial charge is 0.382 e. The highest BCUT2D eigenvalue weighted by Gasteiger charge is 2.06. The number of nitrogens with one attached hydrogen (secondary N) is 1. The van der Waals surface area contributed by atoms with Crippen molar-refractivity contribution in [3.05, 3.63) is 28.2 Å². The molecule has 0 aromatic heterocycles. The van der Waals surface area contributed by atoms with Crippen molar-refractivity contribution in [1.82, 2.24) is 0 Å². The zero-order valence-corrected chi connectivity index (χ0v) is 10.4. The average Bonchev–Trinajstić information content (AvgIpc) is 2.14. The third kappa shape index (κ3) is 3.91. The van der Waals surface area contributed by atoms with Gasteiger partial charge in [-0.05, 0) is 25.1 Å². The zero-order valence-electron chi connectivity index (χ0n) is 8.83. The summed E-state index contributed by atoms with van der Waals surface area (Å²) in [5.41, 5.74) is 6.44. The minimum Gasteiger partial charge on any atom is -0.382 e. The fraction of sp³-hybridized carbons (Fsp3) is 0.273. The van der Waals surface area contributed by atoms with Crippen LogP contribution >= 0.6 is 15.9 Å². The number of rotatable bonds is 4. The maximum absolute atomic E-state index is 10.7. The van der Waals surface area contributed by atoms with Gasteiger partial charge in [-0.15, -0.1) is 0 Å². The number of benzene rings is 1. The number of nitrogens with zero attached hydrogens (tertiary/aromatic N) is 1. The molecule has 5 heteroatoms. The van der Waals surface area contributed by atoms with E-state index < -0.39 is 0 Å². The van der Waals surface area contributed by atoms with E-state index in [4.69, 9.17) is 11.0 Å². The summed E-state index contributed by atoms with van der Waals surface area (Å²) in [6.07, 6.45) is 0.258. The number of amides is 1. The molecule has 0 saturated heterocycles. The monoisotopic (exact) mass is 281 g/mol. The summed E-state index contributed by atoms with van der Waals surface area (Å²) in [6, 6.07) is 7.30. The maximum Gasteiger partial charge on any atom is 0.219 e. The number of nitriles is 1. The fourth-order valence-corrected chi connectivity index (χ4v) is 1.87. The molecule has 0 fully saturated rings. The van der Waals surface area contributed by atoms with Crippen LogP contribution in [0.2, 0.25) is 0 Å². The predicted octanol–water partition coefficient (Wildman–Crippen LogP) is 2.00. The second-order valence-electron chi connectivity index (χ2n) is 3.56. The molecule has 84 valence electrons. The van der Waals surface area contributed by atoms with Gasteiger partial charge in [0.05, 0.1) is 11.6 Å². The summed E-state index contributed by atoms with van der Waals surface area (Å²) < 4.78 is 0.820. The maximum atomic E-state index is 10.7. The molecular formula is C11H12BrN3O. The molecule has 0 bridgehead atoms. The molecule has 1 atom stereocenters. The first-order valence-electron chi connectivity index (χ1n) is 4.77. The quantitative estimate of drug-likeness (QED) is 0.886. The van der Waals surface area contributed by atoms with Crippen molar-refractivity contribution >= 4 is 27.5 Å². The van der Waals surface area contributed by atoms with Gasteiger partial charge in [-0.3, -0.25) is 4.79 Å². The van der Waals surface area contributed by atoms with Crippen LogP contribution in [0.15, 0.2) is 22.7 Å². The van der Waals surface area contributed by atoms with Gasteiger partial charge in [0.2, 0.25) is 5.91 Å². The Morgan fingerprint density at radius 1 is 1.62 bits per heavy atom. The molecule has 1 rings (SSSR count). The number of hydrogen-bond donors (Lipinski definition) is 2. The molecule has 1 amide bonds. The fourth-order valence-electron chi connectivity index (χ4n) is 1.37. The molecule has 0 aliphatic heterocycles. The number of nitrogens with two attached hydrogens (primary N) is 1. The molecule has 16 heavy (non-hydrogen) atoms. The first-order valence-corrected chi connectivity index (χ1v) is 5.56. The Morgan fingerprint density at radius 3 is 2.88 bits per heavy atom. The lowest BCUT2D eigenvalue weighted by atomic mass is 10.2. The number of carbonyl (C=O) groups is 1. The molecule has 1 unspecified atom stereocenters. The van der Waals surface area contributed by atoms with Gasteiger partial charge >= 0.3 is 0 Å². The van der Waals surface area contributed by atoms with Crippen LogP contribution in [0.4, 0.5) is 5.69 Å². The molecular weight excluding hydrogens is 270 g/mol. The lowest BCUT2D eigenvalue weighted by Gasteiger charge is -2.13. The van der Waals surface area contributed by atoms with Gasteiger partial charge in [0.15, 0.2) is 0 Å². The SMILES string of the molecule is CC(CC(N)=O)Nc1cc(Br)cc(C#N)c1. The standard InChI is InChI=1S/C11H12BrN3O/c1-7(2-11(14)16)15-10-4-8(6-13)3-9(12)5-10/h3-5,7,15H,2H2,1H3,(H2,14,16). The summed E-state index contributed by atoms with van der Waals surface area (Å²) in [7, 11) is 0. The Morgan fingerprint density at radius 2 is 2.31 bits per heavy atom. The van der Waals surface area contributed by atoms with E-state index in [9.17, 15) is 4.79 Å². The highest BCUT2D eigenvalue weighted by molar-refractivity contribution is 9.10. The Bertz CT molecular complexity index is 439. The van der Waals surface area contributed by atoms with E-state index in [1.54, 1.807) is 12.1 Å². The lowest BCUT2D eigenvalue weighted by molar-refractivity contribution is -0.118.